The van der Waals surface area contributed by atoms with Crippen molar-refractivity contribution in [2.24, 2.45) is 0 Å². The first kappa shape index (κ1) is 17.5. The van der Waals surface area contributed by atoms with E-state index < -0.39 is 8.32 Å². The Morgan fingerprint density at radius 1 is 1.08 bits per heavy atom. The van der Waals surface area contributed by atoms with Gasteiger partial charge in [-0.15, -0.1) is 0 Å². The highest BCUT2D eigenvalue weighted by Crippen LogP contribution is 2.40. The summed E-state index contributed by atoms with van der Waals surface area (Å²) in [6.45, 7) is 12.4. The summed E-state index contributed by atoms with van der Waals surface area (Å²) in [6.07, 6.45) is 0. The Kier molecular flexibility index (Phi) is 4.15. The topological polar surface area (TPSA) is 48.7 Å². The molecule has 0 aliphatic heterocycles. The monoisotopic (exact) mass is 356 g/mol. The van der Waals surface area contributed by atoms with Gasteiger partial charge in [0.15, 0.2) is 0 Å². The Labute approximate surface area is 148 Å². The van der Waals surface area contributed by atoms with Gasteiger partial charge in [0.1, 0.15) is 11.3 Å². The van der Waals surface area contributed by atoms with Crippen molar-refractivity contribution >= 4 is 36.0 Å². The van der Waals surface area contributed by atoms with Crippen LogP contribution in [-0.2, 0) is 4.79 Å². The Hall–Kier alpha value is -2.27. The molecule has 0 fully saturated rings. The summed E-state index contributed by atoms with van der Waals surface area (Å²) in [5, 5.41) is 2.82. The molecular formula is C20H24O4Si. The van der Waals surface area contributed by atoms with Gasteiger partial charge < -0.3 is 13.6 Å². The maximum Gasteiger partial charge on any atom is 0.308 e. The summed E-state index contributed by atoms with van der Waals surface area (Å²) in [5.41, 5.74) is 0.750. The molecule has 0 amide bonds. The molecule has 0 aliphatic rings. The van der Waals surface area contributed by atoms with Crippen molar-refractivity contribution in [2.45, 2.75) is 45.8 Å². The smallest absolute Gasteiger partial charge is 0.308 e. The number of benzene rings is 2. The number of ether oxygens (including phenoxy) is 1. The molecule has 3 rings (SSSR count). The molecule has 1 heterocycles. The number of hydrogen-bond donors (Lipinski definition) is 0. The number of rotatable bonds is 3. The van der Waals surface area contributed by atoms with Gasteiger partial charge in [0.05, 0.1) is 0 Å². The molecule has 2 aromatic carbocycles. The average molecular weight is 356 g/mol. The molecule has 0 atom stereocenters. The van der Waals surface area contributed by atoms with Crippen molar-refractivity contribution in [3.8, 4) is 11.7 Å². The minimum absolute atomic E-state index is 0.0938. The highest BCUT2D eigenvalue weighted by molar-refractivity contribution is 6.74. The van der Waals surface area contributed by atoms with Crippen molar-refractivity contribution in [3.05, 3.63) is 36.4 Å². The SMILES string of the molecule is CC(=O)Oc1cccc2c1ccc1cc(O[Si](C)(C)C(C)(C)C)oc12. The van der Waals surface area contributed by atoms with Crippen LogP contribution in [0.1, 0.15) is 27.7 Å². The van der Waals surface area contributed by atoms with Gasteiger partial charge >= 0.3 is 5.97 Å². The molecule has 0 N–H and O–H groups in total. The molecule has 0 aliphatic carbocycles. The van der Waals surface area contributed by atoms with E-state index in [4.69, 9.17) is 13.6 Å². The van der Waals surface area contributed by atoms with Gasteiger partial charge in [0.2, 0.25) is 0 Å². The van der Waals surface area contributed by atoms with Crippen LogP contribution >= 0.6 is 0 Å². The van der Waals surface area contributed by atoms with E-state index in [1.165, 1.54) is 6.92 Å². The zero-order chi connectivity index (χ0) is 18.4. The third-order valence-corrected chi connectivity index (χ3v) is 9.22. The second kappa shape index (κ2) is 5.91. The van der Waals surface area contributed by atoms with Crippen molar-refractivity contribution in [1.82, 2.24) is 0 Å². The maximum absolute atomic E-state index is 11.3. The van der Waals surface area contributed by atoms with E-state index in [9.17, 15) is 4.79 Å². The molecule has 3 aromatic rings. The lowest BCUT2D eigenvalue weighted by Crippen LogP contribution is -2.43. The molecule has 5 heteroatoms. The molecule has 0 radical (unpaired) electrons. The molecule has 1 aromatic heterocycles. The minimum Gasteiger partial charge on any atom is -0.519 e. The Morgan fingerprint density at radius 3 is 2.44 bits per heavy atom. The summed E-state index contributed by atoms with van der Waals surface area (Å²) in [4.78, 5) is 11.3. The lowest BCUT2D eigenvalue weighted by molar-refractivity contribution is -0.131. The Bertz CT molecular complexity index is 947. The van der Waals surface area contributed by atoms with Gasteiger partial charge in [-0.25, -0.2) is 0 Å². The number of esters is 1. The molecular weight excluding hydrogens is 332 g/mol. The zero-order valence-corrected chi connectivity index (χ0v) is 16.6. The van der Waals surface area contributed by atoms with E-state index in [0.717, 1.165) is 21.7 Å². The lowest BCUT2D eigenvalue weighted by Gasteiger charge is -2.35. The third-order valence-electron chi connectivity index (χ3n) is 4.89. The number of carbonyl (C=O) groups excluding carboxylic acids is 1. The fourth-order valence-corrected chi connectivity index (χ4v) is 3.41. The van der Waals surface area contributed by atoms with Gasteiger partial charge in [0.25, 0.3) is 14.3 Å². The van der Waals surface area contributed by atoms with Crippen LogP contribution in [-0.4, -0.2) is 14.3 Å². The molecule has 0 unspecified atom stereocenters. The second-order valence-electron chi connectivity index (χ2n) is 7.86. The first-order chi connectivity index (χ1) is 11.6. The summed E-state index contributed by atoms with van der Waals surface area (Å²) in [6, 6.07) is 11.5. The van der Waals surface area contributed by atoms with Crippen LogP contribution in [0.5, 0.6) is 11.7 Å². The van der Waals surface area contributed by atoms with E-state index in [-0.39, 0.29) is 11.0 Å². The fourth-order valence-electron chi connectivity index (χ4n) is 2.50. The summed E-state index contributed by atoms with van der Waals surface area (Å²) in [7, 11) is -1.97. The van der Waals surface area contributed by atoms with Crippen LogP contribution in [0.4, 0.5) is 0 Å². The van der Waals surface area contributed by atoms with Crippen LogP contribution in [0.3, 0.4) is 0 Å². The van der Waals surface area contributed by atoms with Gasteiger partial charge in [-0.05, 0) is 30.3 Å². The quantitative estimate of drug-likeness (QED) is 0.333. The van der Waals surface area contributed by atoms with Crippen molar-refractivity contribution in [1.29, 1.82) is 0 Å². The second-order valence-corrected chi connectivity index (χ2v) is 12.6. The fraction of sp³-hybridized carbons (Fsp3) is 0.350. The standard InChI is InChI=1S/C20H24O4Si/c1-13(21)22-17-9-7-8-16-15(17)11-10-14-12-18(23-19(14)16)24-25(5,6)20(2,3)4/h7-12H,1-6H3. The molecule has 132 valence electrons. The minimum atomic E-state index is -1.97. The van der Waals surface area contributed by atoms with Crippen LogP contribution in [0.25, 0.3) is 21.7 Å². The average Bonchev–Trinajstić information content (AvgIpc) is 2.87. The summed E-state index contributed by atoms with van der Waals surface area (Å²) in [5.74, 6) is 0.746. The first-order valence-corrected chi connectivity index (χ1v) is 11.3. The van der Waals surface area contributed by atoms with E-state index in [0.29, 0.717) is 11.7 Å². The molecule has 4 nitrogen and oxygen atoms in total. The molecule has 25 heavy (non-hydrogen) atoms. The number of fused-ring (bicyclic) bond motifs is 3. The van der Waals surface area contributed by atoms with Gasteiger partial charge in [-0.2, -0.15) is 0 Å². The first-order valence-electron chi connectivity index (χ1n) is 8.41. The van der Waals surface area contributed by atoms with E-state index in [1.54, 1.807) is 6.07 Å². The molecule has 0 saturated carbocycles. The van der Waals surface area contributed by atoms with E-state index in [1.807, 2.05) is 30.3 Å². The summed E-state index contributed by atoms with van der Waals surface area (Å²) >= 11 is 0. The van der Waals surface area contributed by atoms with Crippen LogP contribution < -0.4 is 9.16 Å². The Morgan fingerprint density at radius 2 is 1.80 bits per heavy atom. The van der Waals surface area contributed by atoms with Crippen LogP contribution in [0.2, 0.25) is 18.1 Å². The highest BCUT2D eigenvalue weighted by atomic mass is 28.4. The normalized spacial score (nSPS) is 12.6. The van der Waals surface area contributed by atoms with Crippen LogP contribution in [0.15, 0.2) is 40.8 Å². The highest BCUT2D eigenvalue weighted by Gasteiger charge is 2.39. The maximum atomic E-state index is 11.3. The molecule has 0 saturated heterocycles. The van der Waals surface area contributed by atoms with E-state index >= 15 is 0 Å². The number of carbonyl (C=O) groups is 1. The number of hydrogen-bond acceptors (Lipinski definition) is 4. The third kappa shape index (κ3) is 3.29. The predicted molar refractivity (Wildman–Crippen MR) is 103 cm³/mol. The Balaban J connectivity index is 2.09. The zero-order valence-electron chi connectivity index (χ0n) is 15.6. The van der Waals surface area contributed by atoms with Gasteiger partial charge in [-0.1, -0.05) is 39.0 Å². The van der Waals surface area contributed by atoms with Gasteiger partial charge in [0, 0.05) is 29.1 Å². The summed E-state index contributed by atoms with van der Waals surface area (Å²) < 4.78 is 17.6. The number of furan rings is 1. The van der Waals surface area contributed by atoms with Crippen molar-refractivity contribution in [3.63, 3.8) is 0 Å². The lowest BCUT2D eigenvalue weighted by atomic mass is 10.1. The molecule has 0 bridgehead atoms. The van der Waals surface area contributed by atoms with E-state index in [2.05, 4.69) is 33.9 Å². The van der Waals surface area contributed by atoms with Crippen molar-refractivity contribution in [2.75, 3.05) is 0 Å². The molecule has 0 spiro atoms. The van der Waals surface area contributed by atoms with Crippen molar-refractivity contribution < 1.29 is 18.4 Å². The van der Waals surface area contributed by atoms with Crippen LogP contribution in [0, 0.1) is 0 Å². The van der Waals surface area contributed by atoms with Gasteiger partial charge in [-0.3, -0.25) is 4.79 Å². The largest absolute Gasteiger partial charge is 0.519 e. The predicted octanol–water partition coefficient (Wildman–Crippen LogP) is 5.90.